The Morgan fingerprint density at radius 2 is 1.82 bits per heavy atom. The normalized spacial score (nSPS) is 14.3. The summed E-state index contributed by atoms with van der Waals surface area (Å²) in [6.07, 6.45) is 2.31. The Kier molecular flexibility index (Phi) is 8.55. The number of carbonyl (C=O) groups is 3. The Morgan fingerprint density at radius 3 is 2.47 bits per heavy atom. The quantitative estimate of drug-likeness (QED) is 0.220. The number of thiocarbonyl (C=S) groups is 1. The lowest BCUT2D eigenvalue weighted by Crippen LogP contribution is -2.54. The van der Waals surface area contributed by atoms with Crippen molar-refractivity contribution in [3.63, 3.8) is 0 Å². The number of hydrogen-bond donors (Lipinski definition) is 2. The van der Waals surface area contributed by atoms with Crippen molar-refractivity contribution in [1.29, 1.82) is 0 Å². The van der Waals surface area contributed by atoms with Crippen molar-refractivity contribution < 1.29 is 23.9 Å². The van der Waals surface area contributed by atoms with Crippen LogP contribution in [0.5, 0.6) is 11.5 Å². The number of amides is 3. The van der Waals surface area contributed by atoms with Gasteiger partial charge in [0.15, 0.2) is 23.2 Å². The first-order valence-electron chi connectivity index (χ1n) is 11.7. The average molecular weight is 594 g/mol. The molecule has 0 bridgehead atoms. The van der Waals surface area contributed by atoms with Crippen LogP contribution in [-0.2, 0) is 20.8 Å². The first-order valence-corrected chi connectivity index (χ1v) is 12.9. The van der Waals surface area contributed by atoms with Crippen molar-refractivity contribution >= 4 is 68.4 Å². The maximum Gasteiger partial charge on any atom is 0.270 e. The molecular formula is C28H24BrN3O5S. The molecule has 0 aliphatic carbocycles. The molecule has 10 heteroatoms. The number of nitrogens with one attached hydrogen (secondary N) is 2. The second-order valence-corrected chi connectivity index (χ2v) is 9.46. The zero-order chi connectivity index (χ0) is 27.2. The van der Waals surface area contributed by atoms with Crippen molar-refractivity contribution in [2.75, 3.05) is 23.9 Å². The summed E-state index contributed by atoms with van der Waals surface area (Å²) in [4.78, 5) is 39.6. The number of ether oxygens (including phenoxy) is 2. The lowest BCUT2D eigenvalue weighted by atomic mass is 10.1. The summed E-state index contributed by atoms with van der Waals surface area (Å²) >= 11 is 8.72. The summed E-state index contributed by atoms with van der Waals surface area (Å²) in [7, 11) is 1.45. The monoisotopic (exact) mass is 593 g/mol. The second kappa shape index (κ2) is 12.0. The van der Waals surface area contributed by atoms with Gasteiger partial charge in [-0.1, -0.05) is 37.3 Å². The highest BCUT2D eigenvalue weighted by molar-refractivity contribution is 9.10. The Labute approximate surface area is 233 Å². The predicted octanol–water partition coefficient (Wildman–Crippen LogP) is 4.87. The molecule has 3 amide bonds. The Morgan fingerprint density at radius 1 is 1.11 bits per heavy atom. The van der Waals surface area contributed by atoms with Crippen molar-refractivity contribution in [3.8, 4) is 11.5 Å². The zero-order valence-corrected chi connectivity index (χ0v) is 23.0. The third kappa shape index (κ3) is 6.09. The topological polar surface area (TPSA) is 97.0 Å². The lowest BCUT2D eigenvalue weighted by molar-refractivity contribution is -0.122. The number of para-hydroxylation sites is 1. The van der Waals surface area contributed by atoms with Gasteiger partial charge in [-0.15, -0.1) is 0 Å². The minimum Gasteiger partial charge on any atom is -0.493 e. The number of anilines is 2. The number of rotatable bonds is 8. The minimum atomic E-state index is -0.602. The summed E-state index contributed by atoms with van der Waals surface area (Å²) in [6, 6.07) is 19.7. The van der Waals surface area contributed by atoms with Gasteiger partial charge >= 0.3 is 0 Å². The van der Waals surface area contributed by atoms with Gasteiger partial charge in [-0.05, 0) is 88.2 Å². The van der Waals surface area contributed by atoms with Crippen molar-refractivity contribution in [1.82, 2.24) is 5.32 Å². The zero-order valence-electron chi connectivity index (χ0n) is 20.6. The molecule has 1 aliphatic heterocycles. The van der Waals surface area contributed by atoms with Gasteiger partial charge < -0.3 is 14.8 Å². The van der Waals surface area contributed by atoms with Crippen molar-refractivity contribution in [2.45, 2.75) is 13.3 Å². The van der Waals surface area contributed by atoms with E-state index in [-0.39, 0.29) is 23.2 Å². The number of methoxy groups -OCH3 is 1. The van der Waals surface area contributed by atoms with Crippen LogP contribution in [0.3, 0.4) is 0 Å². The third-order valence-electron chi connectivity index (χ3n) is 5.67. The number of halogens is 1. The number of aryl methyl sites for hydroxylation is 1. The van der Waals surface area contributed by atoms with Crippen molar-refractivity contribution in [2.24, 2.45) is 0 Å². The first kappa shape index (κ1) is 27.0. The number of carbonyl (C=O) groups excluding carboxylic acids is 3. The van der Waals surface area contributed by atoms with Gasteiger partial charge in [0.25, 0.3) is 17.7 Å². The molecule has 4 rings (SSSR count). The van der Waals surface area contributed by atoms with Crippen LogP contribution >= 0.6 is 28.1 Å². The highest BCUT2D eigenvalue weighted by Crippen LogP contribution is 2.37. The number of benzene rings is 3. The molecule has 8 nitrogen and oxygen atoms in total. The average Bonchev–Trinajstić information content (AvgIpc) is 2.91. The molecule has 1 fully saturated rings. The van der Waals surface area contributed by atoms with Gasteiger partial charge in [-0.25, -0.2) is 0 Å². The van der Waals surface area contributed by atoms with Gasteiger partial charge in [0.1, 0.15) is 5.57 Å². The molecule has 3 aromatic carbocycles. The Bertz CT molecular complexity index is 1420. The molecule has 1 saturated heterocycles. The van der Waals surface area contributed by atoms with E-state index < -0.39 is 11.8 Å². The number of hydrogen-bond acceptors (Lipinski definition) is 6. The van der Waals surface area contributed by atoms with Crippen LogP contribution in [0.15, 0.2) is 76.8 Å². The van der Waals surface area contributed by atoms with E-state index in [1.807, 2.05) is 37.3 Å². The highest BCUT2D eigenvalue weighted by Gasteiger charge is 2.34. The summed E-state index contributed by atoms with van der Waals surface area (Å²) in [5, 5.41) is 5.34. The smallest absolute Gasteiger partial charge is 0.270 e. The molecular weight excluding hydrogens is 570 g/mol. The van der Waals surface area contributed by atoms with Crippen LogP contribution < -0.4 is 25.0 Å². The molecule has 0 radical (unpaired) electrons. The van der Waals surface area contributed by atoms with Crippen LogP contribution in [0.4, 0.5) is 11.4 Å². The van der Waals surface area contributed by atoms with E-state index in [0.717, 1.165) is 12.0 Å². The van der Waals surface area contributed by atoms with E-state index in [9.17, 15) is 14.4 Å². The van der Waals surface area contributed by atoms with E-state index in [1.54, 1.807) is 36.4 Å². The molecule has 0 saturated carbocycles. The fourth-order valence-corrected chi connectivity index (χ4v) is 4.61. The van der Waals surface area contributed by atoms with Gasteiger partial charge in [0.05, 0.1) is 17.3 Å². The molecule has 0 aromatic heterocycles. The first-order chi connectivity index (χ1) is 18.3. The Hall–Kier alpha value is -4.02. The third-order valence-corrected chi connectivity index (χ3v) is 6.55. The largest absolute Gasteiger partial charge is 0.493 e. The van der Waals surface area contributed by atoms with E-state index in [4.69, 9.17) is 21.7 Å². The van der Waals surface area contributed by atoms with Crippen LogP contribution in [0.25, 0.3) is 6.08 Å². The van der Waals surface area contributed by atoms with Gasteiger partial charge in [-0.2, -0.15) is 0 Å². The molecule has 0 unspecified atom stereocenters. The maximum absolute atomic E-state index is 13.3. The van der Waals surface area contributed by atoms with E-state index >= 15 is 0 Å². The molecule has 3 aromatic rings. The molecule has 194 valence electrons. The van der Waals surface area contributed by atoms with Crippen LogP contribution in [0, 0.1) is 0 Å². The van der Waals surface area contributed by atoms with E-state index in [0.29, 0.717) is 32.9 Å². The summed E-state index contributed by atoms with van der Waals surface area (Å²) in [5.74, 6) is -0.879. The SMILES string of the molecule is CCc1ccc(N2C(=O)/C(=C/c3cc(Br)c(OCC(=O)Nc4ccccc4)c(OC)c3)C(=O)NC2=S)cc1. The second-order valence-electron chi connectivity index (χ2n) is 8.21. The summed E-state index contributed by atoms with van der Waals surface area (Å²) in [5.41, 5.74) is 2.73. The van der Waals surface area contributed by atoms with Crippen molar-refractivity contribution in [3.05, 3.63) is 87.9 Å². The van der Waals surface area contributed by atoms with E-state index in [2.05, 4.69) is 26.6 Å². The summed E-state index contributed by atoms with van der Waals surface area (Å²) in [6.45, 7) is 1.78. The van der Waals surface area contributed by atoms with Gasteiger partial charge in [-0.3, -0.25) is 24.6 Å². The molecule has 1 heterocycles. The minimum absolute atomic E-state index is 0.0117. The molecule has 38 heavy (non-hydrogen) atoms. The predicted molar refractivity (Wildman–Crippen MR) is 153 cm³/mol. The number of nitrogens with zero attached hydrogens (tertiary/aromatic N) is 1. The van der Waals surface area contributed by atoms with E-state index in [1.165, 1.54) is 18.1 Å². The lowest BCUT2D eigenvalue weighted by Gasteiger charge is -2.29. The standard InChI is InChI=1S/C28H24BrN3O5S/c1-3-17-9-11-20(12-10-17)32-27(35)21(26(34)31-28(32)38)13-18-14-22(29)25(23(15-18)36-2)37-16-24(33)30-19-7-5-4-6-8-19/h4-15H,3,16H2,1-2H3,(H,30,33)(H,31,34,38)/b21-13+. The summed E-state index contributed by atoms with van der Waals surface area (Å²) < 4.78 is 11.6. The highest BCUT2D eigenvalue weighted by atomic mass is 79.9. The molecule has 2 N–H and O–H groups in total. The molecule has 0 atom stereocenters. The van der Waals surface area contributed by atoms with Crippen LogP contribution in [0.2, 0.25) is 0 Å². The van der Waals surface area contributed by atoms with Gasteiger partial charge in [0.2, 0.25) is 0 Å². The van der Waals surface area contributed by atoms with Crippen LogP contribution in [0.1, 0.15) is 18.1 Å². The molecule has 0 spiro atoms. The fraction of sp³-hybridized carbons (Fsp3) is 0.143. The molecule has 1 aliphatic rings. The van der Waals surface area contributed by atoms with Gasteiger partial charge in [0, 0.05) is 5.69 Å². The fourth-order valence-electron chi connectivity index (χ4n) is 3.76. The Balaban J connectivity index is 1.56. The van der Waals surface area contributed by atoms with Crippen LogP contribution in [-0.4, -0.2) is 36.6 Å². The maximum atomic E-state index is 13.3.